The van der Waals surface area contributed by atoms with Gasteiger partial charge in [0.05, 0.1) is 6.42 Å². The van der Waals surface area contributed by atoms with Gasteiger partial charge in [0.25, 0.3) is 0 Å². The van der Waals surface area contributed by atoms with E-state index in [-0.39, 0.29) is 11.9 Å². The van der Waals surface area contributed by atoms with Gasteiger partial charge in [-0.2, -0.15) is 0 Å². The Bertz CT molecular complexity index is 941. The third kappa shape index (κ3) is 6.11. The zero-order valence-corrected chi connectivity index (χ0v) is 17.4. The van der Waals surface area contributed by atoms with Crippen LogP contribution < -0.4 is 5.32 Å². The Morgan fingerprint density at radius 2 is 1.93 bits per heavy atom. The first-order chi connectivity index (χ1) is 13.5. The molecule has 3 rings (SSSR count). The van der Waals surface area contributed by atoms with Crippen molar-refractivity contribution >= 4 is 35.3 Å². The van der Waals surface area contributed by atoms with Gasteiger partial charge in [-0.3, -0.25) is 10.1 Å². The van der Waals surface area contributed by atoms with Crippen molar-refractivity contribution in [3.8, 4) is 0 Å². The molecule has 146 valence electrons. The summed E-state index contributed by atoms with van der Waals surface area (Å²) in [5.74, 6) is 1.20. The number of hydrogen-bond acceptors (Lipinski definition) is 5. The predicted molar refractivity (Wildman–Crippen MR) is 113 cm³/mol. The van der Waals surface area contributed by atoms with Crippen molar-refractivity contribution in [2.45, 2.75) is 38.0 Å². The quantitative estimate of drug-likeness (QED) is 0.391. The number of amides is 1. The van der Waals surface area contributed by atoms with Crippen molar-refractivity contribution < 1.29 is 9.21 Å². The van der Waals surface area contributed by atoms with Gasteiger partial charge in [0, 0.05) is 16.3 Å². The van der Waals surface area contributed by atoms with Gasteiger partial charge in [-0.25, -0.2) is 0 Å². The molecular weight excluding hydrogens is 394 g/mol. The van der Waals surface area contributed by atoms with Gasteiger partial charge < -0.3 is 4.42 Å². The fraction of sp³-hybridized carbons (Fsp3) is 0.286. The number of anilines is 1. The molecule has 0 fully saturated rings. The molecule has 0 saturated carbocycles. The molecule has 28 heavy (non-hydrogen) atoms. The summed E-state index contributed by atoms with van der Waals surface area (Å²) < 4.78 is 5.56. The maximum absolute atomic E-state index is 12.1. The van der Waals surface area contributed by atoms with Crippen LogP contribution in [0, 0.1) is 13.8 Å². The smallest absolute Gasteiger partial charge is 0.322 e. The fourth-order valence-electron chi connectivity index (χ4n) is 2.72. The van der Waals surface area contributed by atoms with E-state index < -0.39 is 0 Å². The van der Waals surface area contributed by atoms with E-state index in [0.29, 0.717) is 18.7 Å². The number of benzene rings is 2. The number of nitrogens with one attached hydrogen (secondary N) is 1. The largest absolute Gasteiger partial charge is 0.407 e. The van der Waals surface area contributed by atoms with Crippen LogP contribution in [-0.4, -0.2) is 21.9 Å². The Kier molecular flexibility index (Phi) is 7.12. The Balaban J connectivity index is 1.42. The normalized spacial score (nSPS) is 10.8. The highest BCUT2D eigenvalue weighted by atomic mass is 35.5. The van der Waals surface area contributed by atoms with E-state index in [9.17, 15) is 4.79 Å². The Hall–Kier alpha value is -2.31. The predicted octanol–water partition coefficient (Wildman–Crippen LogP) is 5.44. The summed E-state index contributed by atoms with van der Waals surface area (Å²) in [6.45, 7) is 4.12. The molecule has 0 atom stereocenters. The van der Waals surface area contributed by atoms with E-state index in [2.05, 4.69) is 47.6 Å². The van der Waals surface area contributed by atoms with Crippen molar-refractivity contribution in [3.63, 3.8) is 0 Å². The molecule has 0 bridgehead atoms. The number of aryl methyl sites for hydroxylation is 2. The number of carbonyl (C=O) groups is 1. The second-order valence-corrected chi connectivity index (χ2v) is 8.17. The molecule has 3 aromatic rings. The third-order valence-electron chi connectivity index (χ3n) is 4.18. The van der Waals surface area contributed by atoms with Crippen LogP contribution >= 0.6 is 23.4 Å². The first-order valence-corrected chi connectivity index (χ1v) is 10.4. The molecule has 0 radical (unpaired) electrons. The summed E-state index contributed by atoms with van der Waals surface area (Å²) >= 11 is 7.57. The lowest BCUT2D eigenvalue weighted by Gasteiger charge is -2.04. The number of rotatable bonds is 8. The summed E-state index contributed by atoms with van der Waals surface area (Å²) in [5, 5.41) is 11.3. The number of thioether (sulfide) groups is 1. The monoisotopic (exact) mass is 415 g/mol. The van der Waals surface area contributed by atoms with E-state index in [1.807, 2.05) is 24.3 Å². The average molecular weight is 416 g/mol. The molecule has 7 heteroatoms. The summed E-state index contributed by atoms with van der Waals surface area (Å²) in [7, 11) is 0. The van der Waals surface area contributed by atoms with Gasteiger partial charge in [-0.1, -0.05) is 40.5 Å². The lowest BCUT2D eigenvalue weighted by molar-refractivity contribution is -0.116. The molecule has 0 aliphatic carbocycles. The average Bonchev–Trinajstić information content (AvgIpc) is 3.09. The summed E-state index contributed by atoms with van der Waals surface area (Å²) in [6.07, 6.45) is 1.70. The maximum Gasteiger partial charge on any atom is 0.322 e. The van der Waals surface area contributed by atoms with Gasteiger partial charge in [0.1, 0.15) is 0 Å². The molecule has 5 nitrogen and oxygen atoms in total. The molecular formula is C21H22ClN3O2S. The van der Waals surface area contributed by atoms with Crippen LogP contribution in [0.5, 0.6) is 0 Å². The topological polar surface area (TPSA) is 68.0 Å². The van der Waals surface area contributed by atoms with Crippen molar-refractivity contribution in [2.75, 3.05) is 11.1 Å². The van der Waals surface area contributed by atoms with Crippen LogP contribution in [0.25, 0.3) is 0 Å². The maximum atomic E-state index is 12.1. The van der Waals surface area contributed by atoms with Gasteiger partial charge in [0.2, 0.25) is 11.8 Å². The van der Waals surface area contributed by atoms with Crippen molar-refractivity contribution in [1.29, 1.82) is 0 Å². The number of nitrogens with zero attached hydrogens (tertiary/aromatic N) is 2. The molecule has 0 spiro atoms. The van der Waals surface area contributed by atoms with Crippen LogP contribution in [0.15, 0.2) is 51.8 Å². The summed E-state index contributed by atoms with van der Waals surface area (Å²) in [4.78, 5) is 13.2. The molecule has 0 unspecified atom stereocenters. The molecule has 0 aliphatic heterocycles. The minimum Gasteiger partial charge on any atom is -0.407 e. The first-order valence-electron chi connectivity index (χ1n) is 9.06. The number of carbonyl (C=O) groups excluding carboxylic acids is 1. The molecule has 1 aromatic heterocycles. The van der Waals surface area contributed by atoms with E-state index in [1.54, 1.807) is 11.8 Å². The van der Waals surface area contributed by atoms with Crippen LogP contribution in [0.2, 0.25) is 5.02 Å². The van der Waals surface area contributed by atoms with Crippen molar-refractivity contribution in [3.05, 3.63) is 70.1 Å². The molecule has 1 heterocycles. The van der Waals surface area contributed by atoms with E-state index in [1.165, 1.54) is 11.1 Å². The number of hydrogen-bond donors (Lipinski definition) is 1. The van der Waals surface area contributed by atoms with E-state index >= 15 is 0 Å². The van der Waals surface area contributed by atoms with Crippen LogP contribution in [0.3, 0.4) is 0 Å². The fourth-order valence-corrected chi connectivity index (χ4v) is 3.70. The van der Waals surface area contributed by atoms with Gasteiger partial charge in [-0.05, 0) is 61.4 Å². The second kappa shape index (κ2) is 9.75. The highest BCUT2D eigenvalue weighted by Crippen LogP contribution is 2.21. The van der Waals surface area contributed by atoms with Crippen LogP contribution in [0.4, 0.5) is 6.01 Å². The van der Waals surface area contributed by atoms with Crippen molar-refractivity contribution in [2.24, 2.45) is 0 Å². The Labute approximate surface area is 173 Å². The Morgan fingerprint density at radius 3 is 2.68 bits per heavy atom. The van der Waals surface area contributed by atoms with Gasteiger partial charge in [0.15, 0.2) is 0 Å². The zero-order valence-electron chi connectivity index (χ0n) is 15.9. The molecule has 1 amide bonds. The van der Waals surface area contributed by atoms with E-state index in [0.717, 1.165) is 27.7 Å². The SMILES string of the molecule is Cc1ccc(Cc2nnc(NC(=O)CCCSc3ccc(Cl)cc3)o2)c(C)c1. The first kappa shape index (κ1) is 20.4. The standard InChI is InChI=1S/C21H22ClN3O2S/c1-14-5-6-16(15(2)12-14)13-20-24-25-21(27-20)23-19(26)4-3-11-28-18-9-7-17(22)8-10-18/h5-10,12H,3-4,11,13H2,1-2H3,(H,23,25,26). The second-order valence-electron chi connectivity index (χ2n) is 6.56. The third-order valence-corrected chi connectivity index (χ3v) is 5.53. The zero-order chi connectivity index (χ0) is 19.9. The number of halogens is 1. The Morgan fingerprint density at radius 1 is 1.14 bits per heavy atom. The van der Waals surface area contributed by atoms with Crippen LogP contribution in [0.1, 0.15) is 35.4 Å². The molecule has 1 N–H and O–H groups in total. The minimum absolute atomic E-state index is 0.126. The minimum atomic E-state index is -0.126. The highest BCUT2D eigenvalue weighted by Gasteiger charge is 2.11. The summed E-state index contributed by atoms with van der Waals surface area (Å²) in [5.41, 5.74) is 3.53. The number of aromatic nitrogens is 2. The molecule has 0 aliphatic rings. The van der Waals surface area contributed by atoms with Crippen molar-refractivity contribution in [1.82, 2.24) is 10.2 Å². The van der Waals surface area contributed by atoms with Gasteiger partial charge in [-0.15, -0.1) is 16.9 Å². The van der Waals surface area contributed by atoms with E-state index in [4.69, 9.17) is 16.0 Å². The molecule has 2 aromatic carbocycles. The highest BCUT2D eigenvalue weighted by molar-refractivity contribution is 7.99. The molecule has 0 saturated heterocycles. The van der Waals surface area contributed by atoms with Crippen LogP contribution in [-0.2, 0) is 11.2 Å². The lowest BCUT2D eigenvalue weighted by Crippen LogP contribution is -2.11. The lowest BCUT2D eigenvalue weighted by atomic mass is 10.0. The van der Waals surface area contributed by atoms with Gasteiger partial charge >= 0.3 is 6.01 Å². The summed E-state index contributed by atoms with van der Waals surface area (Å²) in [6, 6.07) is 14.1.